The highest BCUT2D eigenvalue weighted by molar-refractivity contribution is 14.0. The molecule has 13 heteroatoms. The fourth-order valence-electron chi connectivity index (χ4n) is 3.61. The van der Waals surface area contributed by atoms with Gasteiger partial charge in [0.1, 0.15) is 5.82 Å². The molecule has 2 rings (SSSR count). The van der Waals surface area contributed by atoms with Gasteiger partial charge in [0.25, 0.3) is 0 Å². The van der Waals surface area contributed by atoms with Gasteiger partial charge in [0.2, 0.25) is 5.60 Å². The molecule has 0 saturated heterocycles. The van der Waals surface area contributed by atoms with Crippen LogP contribution in [0.15, 0.2) is 17.4 Å². The van der Waals surface area contributed by atoms with Crippen LogP contribution < -0.4 is 10.6 Å². The van der Waals surface area contributed by atoms with Gasteiger partial charge in [-0.3, -0.25) is 4.99 Å². The number of nitrogens with one attached hydrogen (secondary N) is 2. The second-order valence-corrected chi connectivity index (χ2v) is 7.48. The second kappa shape index (κ2) is 11.1. The standard InChI is InChI=1S/C18H27F6N5O.HI/c1-3-25-15(28-13-6-4-5-12(11-13)17(19,20)21)27-8-7-16(30,18(22,23)24)14-26-9-10-29(14)2;/h9-10,12-13,30H,3-8,11H2,1-2H3,(H2,25,27,28);1H. The molecular formula is C18H28F6IN5O. The van der Waals surface area contributed by atoms with Crippen molar-refractivity contribution >= 4 is 29.9 Å². The lowest BCUT2D eigenvalue weighted by Gasteiger charge is -2.32. The summed E-state index contributed by atoms with van der Waals surface area (Å²) >= 11 is 0. The van der Waals surface area contributed by atoms with Gasteiger partial charge in [-0.1, -0.05) is 6.42 Å². The van der Waals surface area contributed by atoms with Gasteiger partial charge in [-0.25, -0.2) is 4.98 Å². The van der Waals surface area contributed by atoms with Crippen molar-refractivity contribution in [1.29, 1.82) is 0 Å². The summed E-state index contributed by atoms with van der Waals surface area (Å²) in [5.41, 5.74) is -3.20. The Kier molecular flexibility index (Phi) is 9.91. The van der Waals surface area contributed by atoms with Crippen molar-refractivity contribution in [3.05, 3.63) is 18.2 Å². The number of hydrogen-bond acceptors (Lipinski definition) is 3. The summed E-state index contributed by atoms with van der Waals surface area (Å²) in [7, 11) is 1.34. The molecule has 0 amide bonds. The molecule has 1 saturated carbocycles. The van der Waals surface area contributed by atoms with E-state index in [4.69, 9.17) is 0 Å². The molecular weight excluding hydrogens is 543 g/mol. The maximum atomic E-state index is 13.6. The molecule has 0 radical (unpaired) electrons. The molecule has 3 unspecified atom stereocenters. The van der Waals surface area contributed by atoms with Crippen molar-refractivity contribution < 1.29 is 31.4 Å². The Labute approximate surface area is 193 Å². The normalized spacial score (nSPS) is 22.4. The summed E-state index contributed by atoms with van der Waals surface area (Å²) in [4.78, 5) is 7.67. The first kappa shape index (κ1) is 27.8. The van der Waals surface area contributed by atoms with Crippen LogP contribution in [0.2, 0.25) is 0 Å². The monoisotopic (exact) mass is 571 g/mol. The van der Waals surface area contributed by atoms with Gasteiger partial charge < -0.3 is 20.3 Å². The van der Waals surface area contributed by atoms with Gasteiger partial charge in [-0.2, -0.15) is 26.3 Å². The van der Waals surface area contributed by atoms with Crippen LogP contribution in [0, 0.1) is 5.92 Å². The van der Waals surface area contributed by atoms with E-state index in [1.807, 2.05) is 0 Å². The third-order valence-electron chi connectivity index (χ3n) is 5.23. The van der Waals surface area contributed by atoms with Crippen LogP contribution in [0.25, 0.3) is 0 Å². The number of imidazole rings is 1. The third-order valence-corrected chi connectivity index (χ3v) is 5.23. The lowest BCUT2D eigenvalue weighted by Crippen LogP contribution is -2.47. The maximum Gasteiger partial charge on any atom is 0.424 e. The second-order valence-electron chi connectivity index (χ2n) is 7.48. The van der Waals surface area contributed by atoms with Crippen molar-refractivity contribution in [3.63, 3.8) is 0 Å². The first-order valence-corrected chi connectivity index (χ1v) is 9.77. The van der Waals surface area contributed by atoms with Gasteiger partial charge in [0, 0.05) is 45.0 Å². The molecule has 1 fully saturated rings. The Hall–Kier alpha value is -1.25. The van der Waals surface area contributed by atoms with E-state index in [2.05, 4.69) is 20.6 Å². The number of aryl methyl sites for hydroxylation is 1. The van der Waals surface area contributed by atoms with Crippen LogP contribution >= 0.6 is 24.0 Å². The summed E-state index contributed by atoms with van der Waals surface area (Å²) in [5, 5.41) is 16.0. The molecule has 1 aromatic rings. The molecule has 0 aliphatic heterocycles. The zero-order valence-electron chi connectivity index (χ0n) is 17.2. The number of halogens is 7. The number of aromatic nitrogens is 2. The number of alkyl halides is 6. The van der Waals surface area contributed by atoms with E-state index < -0.39 is 48.7 Å². The van der Waals surface area contributed by atoms with Gasteiger partial charge in [0.15, 0.2) is 5.96 Å². The van der Waals surface area contributed by atoms with E-state index in [1.54, 1.807) is 6.92 Å². The van der Waals surface area contributed by atoms with Crippen molar-refractivity contribution in [3.8, 4) is 0 Å². The van der Waals surface area contributed by atoms with E-state index >= 15 is 0 Å². The largest absolute Gasteiger partial charge is 0.424 e. The Morgan fingerprint density at radius 1 is 1.26 bits per heavy atom. The number of aliphatic imine (C=N–C) groups is 1. The summed E-state index contributed by atoms with van der Waals surface area (Å²) in [6.45, 7) is 1.70. The third kappa shape index (κ3) is 7.12. The van der Waals surface area contributed by atoms with Crippen LogP contribution in [-0.2, 0) is 12.6 Å². The van der Waals surface area contributed by atoms with Crippen LogP contribution in [0.1, 0.15) is 44.9 Å². The minimum absolute atomic E-state index is 0. The zero-order chi connectivity index (χ0) is 22.6. The average molecular weight is 571 g/mol. The average Bonchev–Trinajstić information content (AvgIpc) is 3.07. The van der Waals surface area contributed by atoms with Crippen LogP contribution in [-0.4, -0.2) is 52.1 Å². The molecule has 1 aliphatic carbocycles. The van der Waals surface area contributed by atoms with Gasteiger partial charge in [0.05, 0.1) is 5.92 Å². The number of aliphatic hydroxyl groups is 1. The van der Waals surface area contributed by atoms with E-state index in [1.165, 1.54) is 13.2 Å². The summed E-state index contributed by atoms with van der Waals surface area (Å²) < 4.78 is 80.7. The first-order chi connectivity index (χ1) is 13.9. The molecule has 0 aromatic carbocycles. The minimum Gasteiger partial charge on any atom is -0.374 e. The Morgan fingerprint density at radius 3 is 2.45 bits per heavy atom. The Balaban J connectivity index is 0.00000480. The topological polar surface area (TPSA) is 74.5 Å². The van der Waals surface area contributed by atoms with Gasteiger partial charge in [-0.15, -0.1) is 24.0 Å². The Morgan fingerprint density at radius 2 is 1.94 bits per heavy atom. The van der Waals surface area contributed by atoms with Crippen molar-refractivity contribution in [2.75, 3.05) is 13.1 Å². The molecule has 3 atom stereocenters. The first-order valence-electron chi connectivity index (χ1n) is 9.77. The fourth-order valence-corrected chi connectivity index (χ4v) is 3.61. The van der Waals surface area contributed by atoms with Crippen LogP contribution in [0.4, 0.5) is 26.3 Å². The molecule has 3 N–H and O–H groups in total. The van der Waals surface area contributed by atoms with Crippen LogP contribution in [0.5, 0.6) is 0 Å². The Bertz CT molecular complexity index is 723. The number of hydrogen-bond donors (Lipinski definition) is 3. The summed E-state index contributed by atoms with van der Waals surface area (Å²) in [6.07, 6.45) is -6.73. The zero-order valence-corrected chi connectivity index (χ0v) is 19.6. The van der Waals surface area contributed by atoms with E-state index in [9.17, 15) is 31.4 Å². The quantitative estimate of drug-likeness (QED) is 0.210. The highest BCUT2D eigenvalue weighted by atomic mass is 127. The number of guanidine groups is 1. The van der Waals surface area contributed by atoms with Gasteiger partial charge in [-0.05, 0) is 26.2 Å². The highest BCUT2D eigenvalue weighted by Gasteiger charge is 2.57. The minimum atomic E-state index is -4.98. The van der Waals surface area contributed by atoms with E-state index in [-0.39, 0.29) is 42.8 Å². The SMILES string of the molecule is CCNC(=NCCC(O)(c1nccn1C)C(F)(F)F)NC1CCCC(C(F)(F)F)C1.I. The maximum absolute atomic E-state index is 13.6. The molecule has 0 bridgehead atoms. The molecule has 1 aliphatic rings. The van der Waals surface area contributed by atoms with E-state index in [0.29, 0.717) is 19.4 Å². The lowest BCUT2D eigenvalue weighted by atomic mass is 9.85. The van der Waals surface area contributed by atoms with E-state index in [0.717, 1.165) is 10.8 Å². The molecule has 0 spiro atoms. The lowest BCUT2D eigenvalue weighted by molar-refractivity contribution is -0.272. The summed E-state index contributed by atoms with van der Waals surface area (Å²) in [5.74, 6) is -1.84. The van der Waals surface area contributed by atoms with Crippen molar-refractivity contribution in [1.82, 2.24) is 20.2 Å². The van der Waals surface area contributed by atoms with Crippen molar-refractivity contribution in [2.24, 2.45) is 18.0 Å². The number of rotatable bonds is 6. The predicted molar refractivity (Wildman–Crippen MR) is 114 cm³/mol. The molecule has 1 heterocycles. The smallest absolute Gasteiger partial charge is 0.374 e. The van der Waals surface area contributed by atoms with Crippen LogP contribution in [0.3, 0.4) is 0 Å². The van der Waals surface area contributed by atoms with Crippen molar-refractivity contribution in [2.45, 2.75) is 63.0 Å². The molecule has 180 valence electrons. The predicted octanol–water partition coefficient (Wildman–Crippen LogP) is 3.85. The molecule has 6 nitrogen and oxygen atoms in total. The highest BCUT2D eigenvalue weighted by Crippen LogP contribution is 2.41. The summed E-state index contributed by atoms with van der Waals surface area (Å²) in [6, 6.07) is -0.487. The fraction of sp³-hybridized carbons (Fsp3) is 0.778. The molecule has 1 aromatic heterocycles. The number of nitrogens with zero attached hydrogens (tertiary/aromatic N) is 3. The molecule has 31 heavy (non-hydrogen) atoms. The van der Waals surface area contributed by atoms with Gasteiger partial charge >= 0.3 is 12.4 Å².